The first-order valence-corrected chi connectivity index (χ1v) is 9.61. The smallest absolute Gasteiger partial charge is 0.330 e. The summed E-state index contributed by atoms with van der Waals surface area (Å²) in [6.07, 6.45) is -2.08. The number of rotatable bonds is 6. The van der Waals surface area contributed by atoms with E-state index in [4.69, 9.17) is 0 Å². The van der Waals surface area contributed by atoms with Crippen LogP contribution in [0.1, 0.15) is 37.3 Å². The van der Waals surface area contributed by atoms with Gasteiger partial charge in [0, 0.05) is 19.6 Å². The van der Waals surface area contributed by atoms with E-state index in [2.05, 4.69) is 4.72 Å². The van der Waals surface area contributed by atoms with Crippen LogP contribution in [0, 0.1) is 0 Å². The second-order valence-electron chi connectivity index (χ2n) is 6.01. The highest BCUT2D eigenvalue weighted by Crippen LogP contribution is 2.26. The van der Waals surface area contributed by atoms with Crippen LogP contribution < -0.4 is 4.72 Å². The molecule has 1 heterocycles. The van der Waals surface area contributed by atoms with E-state index in [1.54, 1.807) is 6.07 Å². The number of benzene rings is 1. The number of unbranched alkanes of at least 4 members (excludes halogenated alkanes) is 2. The number of sulfonamides is 1. The van der Waals surface area contributed by atoms with Crippen LogP contribution >= 0.6 is 0 Å². The van der Waals surface area contributed by atoms with Crippen molar-refractivity contribution in [2.45, 2.75) is 50.2 Å². The fraction of sp³-hybridized carbons (Fsp3) is 0.562. The van der Waals surface area contributed by atoms with Crippen molar-refractivity contribution in [3.63, 3.8) is 0 Å². The van der Waals surface area contributed by atoms with E-state index < -0.39 is 22.1 Å². The Morgan fingerprint density at radius 3 is 2.60 bits per heavy atom. The normalized spacial score (nSPS) is 15.1. The molecule has 0 bridgehead atoms. The SMILES string of the molecule is CCCCCNS(=O)(=O)c1ccc2c(c1)CN(C(=O)C(F)(F)F)CC2. The molecule has 0 spiro atoms. The molecule has 0 aromatic heterocycles. The minimum atomic E-state index is -4.93. The molecule has 9 heteroatoms. The lowest BCUT2D eigenvalue weighted by Crippen LogP contribution is -2.43. The van der Waals surface area contributed by atoms with Crippen molar-refractivity contribution < 1.29 is 26.4 Å². The van der Waals surface area contributed by atoms with E-state index in [1.807, 2.05) is 6.92 Å². The highest BCUT2D eigenvalue weighted by Gasteiger charge is 2.43. The predicted octanol–water partition coefficient (Wildman–Crippen LogP) is 2.60. The number of amides is 1. The van der Waals surface area contributed by atoms with Crippen LogP contribution in [0.4, 0.5) is 13.2 Å². The number of hydrogen-bond donors (Lipinski definition) is 1. The molecule has 25 heavy (non-hydrogen) atoms. The van der Waals surface area contributed by atoms with E-state index in [0.717, 1.165) is 18.4 Å². The van der Waals surface area contributed by atoms with E-state index in [1.165, 1.54) is 12.1 Å². The van der Waals surface area contributed by atoms with Crippen molar-refractivity contribution in [1.82, 2.24) is 9.62 Å². The van der Waals surface area contributed by atoms with Crippen molar-refractivity contribution in [2.24, 2.45) is 0 Å². The summed E-state index contributed by atoms with van der Waals surface area (Å²) in [5, 5.41) is 0. The van der Waals surface area contributed by atoms with Gasteiger partial charge in [-0.15, -0.1) is 0 Å². The largest absolute Gasteiger partial charge is 0.471 e. The van der Waals surface area contributed by atoms with Gasteiger partial charge < -0.3 is 4.90 Å². The Labute approximate surface area is 145 Å². The number of nitrogens with one attached hydrogen (secondary N) is 1. The zero-order chi connectivity index (χ0) is 18.7. The number of nitrogens with zero attached hydrogens (tertiary/aromatic N) is 1. The van der Waals surface area contributed by atoms with E-state index in [-0.39, 0.29) is 24.4 Å². The standard InChI is InChI=1S/C16H21F3N2O3S/c1-2-3-4-8-20-25(23,24)14-6-5-12-7-9-21(11-13(12)10-14)15(22)16(17,18)19/h5-6,10,20H,2-4,7-9,11H2,1H3. The van der Waals surface area contributed by atoms with Crippen molar-refractivity contribution in [3.05, 3.63) is 29.3 Å². The quantitative estimate of drug-likeness (QED) is 0.774. The maximum Gasteiger partial charge on any atom is 0.471 e. The number of fused-ring (bicyclic) bond motifs is 1. The summed E-state index contributed by atoms with van der Waals surface area (Å²) in [7, 11) is -3.72. The molecule has 1 aliphatic heterocycles. The minimum absolute atomic E-state index is 0.00376. The third-order valence-electron chi connectivity index (χ3n) is 4.10. The summed E-state index contributed by atoms with van der Waals surface area (Å²) in [5.74, 6) is -1.90. The lowest BCUT2D eigenvalue weighted by Gasteiger charge is -2.29. The van der Waals surface area contributed by atoms with Gasteiger partial charge in [0.25, 0.3) is 0 Å². The molecule has 0 fully saturated rings. The second-order valence-corrected chi connectivity index (χ2v) is 7.78. The lowest BCUT2D eigenvalue weighted by molar-refractivity contribution is -0.186. The summed E-state index contributed by atoms with van der Waals surface area (Å²) in [6.45, 7) is 2.04. The Hall–Kier alpha value is -1.61. The van der Waals surface area contributed by atoms with Crippen LogP contribution in [0.5, 0.6) is 0 Å². The molecule has 1 aliphatic rings. The first-order valence-electron chi connectivity index (χ1n) is 8.12. The van der Waals surface area contributed by atoms with Crippen molar-refractivity contribution in [2.75, 3.05) is 13.1 Å². The summed E-state index contributed by atoms with van der Waals surface area (Å²) >= 11 is 0. The summed E-state index contributed by atoms with van der Waals surface area (Å²) in [5.41, 5.74) is 1.19. The fourth-order valence-corrected chi connectivity index (χ4v) is 3.84. The van der Waals surface area contributed by atoms with Gasteiger partial charge in [-0.1, -0.05) is 25.8 Å². The number of carbonyl (C=O) groups is 1. The Morgan fingerprint density at radius 1 is 1.24 bits per heavy atom. The molecule has 1 N–H and O–H groups in total. The molecule has 5 nitrogen and oxygen atoms in total. The summed E-state index contributed by atoms with van der Waals surface area (Å²) in [4.78, 5) is 12.1. The number of hydrogen-bond acceptors (Lipinski definition) is 3. The van der Waals surface area contributed by atoms with E-state index in [0.29, 0.717) is 23.4 Å². The number of alkyl halides is 3. The molecular formula is C16H21F3N2O3S. The van der Waals surface area contributed by atoms with Crippen LogP contribution in [0.15, 0.2) is 23.1 Å². The summed E-state index contributed by atoms with van der Waals surface area (Å²) < 4.78 is 64.8. The third-order valence-corrected chi connectivity index (χ3v) is 5.56. The van der Waals surface area contributed by atoms with Crippen LogP contribution in [-0.2, 0) is 27.8 Å². The third kappa shape index (κ3) is 4.94. The van der Waals surface area contributed by atoms with Crippen molar-refractivity contribution in [3.8, 4) is 0 Å². The lowest BCUT2D eigenvalue weighted by atomic mass is 10.00. The maximum absolute atomic E-state index is 12.6. The highest BCUT2D eigenvalue weighted by atomic mass is 32.2. The van der Waals surface area contributed by atoms with Crippen LogP contribution in [0.2, 0.25) is 0 Å². The van der Waals surface area contributed by atoms with E-state index >= 15 is 0 Å². The van der Waals surface area contributed by atoms with Crippen molar-refractivity contribution >= 4 is 15.9 Å². The molecule has 2 rings (SSSR count). The van der Waals surface area contributed by atoms with Gasteiger partial charge in [0.1, 0.15) is 0 Å². The van der Waals surface area contributed by atoms with Crippen LogP contribution in [-0.4, -0.2) is 38.5 Å². The Morgan fingerprint density at radius 2 is 1.96 bits per heavy atom. The molecule has 0 saturated heterocycles. The first-order chi connectivity index (χ1) is 11.6. The van der Waals surface area contributed by atoms with Crippen LogP contribution in [0.25, 0.3) is 0 Å². The summed E-state index contributed by atoms with van der Waals surface area (Å²) in [6, 6.07) is 4.40. The number of halogens is 3. The Bertz CT molecular complexity index is 733. The van der Waals surface area contributed by atoms with Gasteiger partial charge in [-0.25, -0.2) is 13.1 Å². The monoisotopic (exact) mass is 378 g/mol. The van der Waals surface area contributed by atoms with Crippen LogP contribution in [0.3, 0.4) is 0 Å². The first kappa shape index (κ1) is 19.7. The molecule has 0 unspecified atom stereocenters. The molecule has 0 saturated carbocycles. The highest BCUT2D eigenvalue weighted by molar-refractivity contribution is 7.89. The minimum Gasteiger partial charge on any atom is -0.330 e. The zero-order valence-electron chi connectivity index (χ0n) is 13.9. The number of carbonyl (C=O) groups excluding carboxylic acids is 1. The molecule has 0 aliphatic carbocycles. The Kier molecular flexibility index (Phi) is 6.10. The molecule has 0 atom stereocenters. The molecular weight excluding hydrogens is 357 g/mol. The Balaban J connectivity index is 2.15. The molecule has 1 aromatic carbocycles. The predicted molar refractivity (Wildman–Crippen MR) is 86.3 cm³/mol. The van der Waals surface area contributed by atoms with Gasteiger partial charge in [-0.3, -0.25) is 4.79 Å². The van der Waals surface area contributed by atoms with Gasteiger partial charge in [0.05, 0.1) is 4.90 Å². The van der Waals surface area contributed by atoms with Gasteiger partial charge in [-0.05, 0) is 36.1 Å². The van der Waals surface area contributed by atoms with Gasteiger partial charge >= 0.3 is 12.1 Å². The molecule has 140 valence electrons. The maximum atomic E-state index is 12.6. The fourth-order valence-electron chi connectivity index (χ4n) is 2.72. The average molecular weight is 378 g/mol. The average Bonchev–Trinajstić information content (AvgIpc) is 2.56. The molecule has 1 aromatic rings. The van der Waals surface area contributed by atoms with Gasteiger partial charge in [-0.2, -0.15) is 13.2 Å². The van der Waals surface area contributed by atoms with Crippen molar-refractivity contribution in [1.29, 1.82) is 0 Å². The molecule has 0 radical (unpaired) electrons. The zero-order valence-corrected chi connectivity index (χ0v) is 14.7. The van der Waals surface area contributed by atoms with E-state index in [9.17, 15) is 26.4 Å². The van der Waals surface area contributed by atoms with Gasteiger partial charge in [0.15, 0.2) is 0 Å². The van der Waals surface area contributed by atoms with Gasteiger partial charge in [0.2, 0.25) is 10.0 Å². The molecule has 1 amide bonds. The second kappa shape index (κ2) is 7.74. The topological polar surface area (TPSA) is 66.5 Å².